The van der Waals surface area contributed by atoms with Crippen LogP contribution in [0, 0.1) is 6.92 Å². The molecule has 3 amide bonds. The maximum atomic E-state index is 11.8. The summed E-state index contributed by atoms with van der Waals surface area (Å²) in [5.41, 5.74) is 0.918. The van der Waals surface area contributed by atoms with Crippen molar-refractivity contribution < 1.29 is 9.59 Å². The van der Waals surface area contributed by atoms with Crippen molar-refractivity contribution in [2.24, 2.45) is 0 Å². The number of imide groups is 1. The van der Waals surface area contributed by atoms with Crippen molar-refractivity contribution >= 4 is 35.2 Å². The van der Waals surface area contributed by atoms with Gasteiger partial charge in [0.1, 0.15) is 11.5 Å². The Morgan fingerprint density at radius 2 is 2.18 bits per heavy atom. The van der Waals surface area contributed by atoms with E-state index in [1.807, 2.05) is 4.68 Å². The number of hydrogen-bond acceptors (Lipinski definition) is 7. The lowest BCUT2D eigenvalue weighted by molar-refractivity contribution is -0.115. The zero-order valence-electron chi connectivity index (χ0n) is 15.7. The molecule has 0 aromatic carbocycles. The molecule has 2 aromatic rings. The zero-order valence-corrected chi connectivity index (χ0v) is 16.5. The van der Waals surface area contributed by atoms with Gasteiger partial charge in [0.15, 0.2) is 6.29 Å². The van der Waals surface area contributed by atoms with Gasteiger partial charge >= 0.3 is 6.03 Å². The molecule has 10 heteroatoms. The minimum absolute atomic E-state index is 0.198. The molecule has 5 N–H and O–H groups in total. The van der Waals surface area contributed by atoms with Crippen LogP contribution >= 0.6 is 11.3 Å². The molecule has 0 radical (unpaired) electrons. The number of nitrogens with zero attached hydrogens (tertiary/aromatic N) is 2. The molecule has 0 bridgehead atoms. The van der Waals surface area contributed by atoms with Crippen LogP contribution in [0.3, 0.4) is 0 Å². The molecule has 0 spiro atoms. The van der Waals surface area contributed by atoms with E-state index in [2.05, 4.69) is 50.7 Å². The molecule has 2 fully saturated rings. The molecule has 28 heavy (non-hydrogen) atoms. The Balaban J connectivity index is 1.57. The van der Waals surface area contributed by atoms with E-state index >= 15 is 0 Å². The Labute approximate surface area is 166 Å². The summed E-state index contributed by atoms with van der Waals surface area (Å²) in [6, 6.07) is 4.19. The largest absolute Gasteiger partial charge is 0.373 e. The van der Waals surface area contributed by atoms with Crippen LogP contribution in [0.5, 0.6) is 0 Å². The van der Waals surface area contributed by atoms with E-state index in [-0.39, 0.29) is 12.0 Å². The Morgan fingerprint density at radius 1 is 1.36 bits per heavy atom. The van der Waals surface area contributed by atoms with Gasteiger partial charge in [0, 0.05) is 35.0 Å². The fraction of sp³-hybridized carbons (Fsp3) is 0.389. The Kier molecular flexibility index (Phi) is 5.16. The second-order valence-electron chi connectivity index (χ2n) is 6.85. The highest BCUT2D eigenvalue weighted by molar-refractivity contribution is 7.11. The van der Waals surface area contributed by atoms with Crippen LogP contribution in [0.2, 0.25) is 0 Å². The molecule has 1 unspecified atom stereocenters. The van der Waals surface area contributed by atoms with Gasteiger partial charge in [-0.05, 0) is 38.0 Å². The number of thiophene rings is 1. The van der Waals surface area contributed by atoms with Gasteiger partial charge in [-0.25, -0.2) is 9.48 Å². The molecule has 1 saturated carbocycles. The van der Waals surface area contributed by atoms with E-state index in [9.17, 15) is 9.59 Å². The molecule has 9 nitrogen and oxygen atoms in total. The van der Waals surface area contributed by atoms with Crippen LogP contribution < -0.4 is 26.6 Å². The smallest absolute Gasteiger partial charge is 0.326 e. The predicted octanol–water partition coefficient (Wildman–Crippen LogP) is 1.47. The molecule has 2 aromatic heterocycles. The summed E-state index contributed by atoms with van der Waals surface area (Å²) in [5, 5.41) is 19.5. The third kappa shape index (κ3) is 4.08. The lowest BCUT2D eigenvalue weighted by Crippen LogP contribution is -2.40. The number of amides is 3. The van der Waals surface area contributed by atoms with Crippen LogP contribution in [0.4, 0.5) is 10.6 Å². The lowest BCUT2D eigenvalue weighted by Gasteiger charge is -2.22. The van der Waals surface area contributed by atoms with E-state index in [1.165, 1.54) is 9.75 Å². The highest BCUT2D eigenvalue weighted by Crippen LogP contribution is 2.25. The van der Waals surface area contributed by atoms with E-state index in [0.29, 0.717) is 11.6 Å². The number of rotatable bonds is 8. The van der Waals surface area contributed by atoms with Gasteiger partial charge in [0.25, 0.3) is 5.91 Å². The topological polar surface area (TPSA) is 112 Å². The van der Waals surface area contributed by atoms with Crippen molar-refractivity contribution in [3.8, 4) is 0 Å². The minimum Gasteiger partial charge on any atom is -0.373 e. The summed E-state index contributed by atoms with van der Waals surface area (Å²) in [4.78, 5) is 25.7. The van der Waals surface area contributed by atoms with E-state index in [4.69, 9.17) is 0 Å². The number of carbonyl (C=O) groups excluding carboxylic acids is 2. The maximum Gasteiger partial charge on any atom is 0.326 e. The summed E-state index contributed by atoms with van der Waals surface area (Å²) >= 11 is 1.77. The molecular weight excluding hydrogens is 378 g/mol. The fourth-order valence-electron chi connectivity index (χ4n) is 3.04. The van der Waals surface area contributed by atoms with E-state index in [0.717, 1.165) is 25.2 Å². The number of hydrogen-bond donors (Lipinski definition) is 5. The van der Waals surface area contributed by atoms with Gasteiger partial charge in [0.05, 0.1) is 6.20 Å². The Bertz CT molecular complexity index is 928. The third-order valence-corrected chi connectivity index (χ3v) is 5.56. The van der Waals surface area contributed by atoms with Gasteiger partial charge in [-0.3, -0.25) is 20.7 Å². The first-order chi connectivity index (χ1) is 13.5. The van der Waals surface area contributed by atoms with Gasteiger partial charge in [-0.2, -0.15) is 5.10 Å². The van der Waals surface area contributed by atoms with Gasteiger partial charge in [0.2, 0.25) is 0 Å². The Hall–Kier alpha value is -2.69. The van der Waals surface area contributed by atoms with Crippen LogP contribution in [-0.4, -0.2) is 34.8 Å². The second kappa shape index (κ2) is 7.74. The summed E-state index contributed by atoms with van der Waals surface area (Å²) in [6.45, 7) is 2.82. The maximum absolute atomic E-state index is 11.8. The first-order valence-electron chi connectivity index (χ1n) is 9.17. The van der Waals surface area contributed by atoms with Gasteiger partial charge < -0.3 is 10.6 Å². The first kappa shape index (κ1) is 18.7. The molecular formula is C18H23N7O2S. The molecule has 4 rings (SSSR count). The SMILES string of the molecule is CNc1c(/C=C2\NC(=O)NC2=O)cnn1C(NCc1ccc(C)s1)NC1CC1. The number of aryl methyl sites for hydroxylation is 1. The van der Waals surface area contributed by atoms with Crippen LogP contribution in [0.1, 0.15) is 34.4 Å². The molecule has 1 aliphatic heterocycles. The number of carbonyl (C=O) groups is 2. The second-order valence-corrected chi connectivity index (χ2v) is 8.22. The first-order valence-corrected chi connectivity index (χ1v) is 9.99. The molecule has 1 saturated heterocycles. The van der Waals surface area contributed by atoms with Crippen LogP contribution in [0.15, 0.2) is 24.0 Å². The molecule has 1 aliphatic carbocycles. The number of aromatic nitrogens is 2. The summed E-state index contributed by atoms with van der Waals surface area (Å²) in [5.74, 6) is 0.299. The van der Waals surface area contributed by atoms with Crippen LogP contribution in [0.25, 0.3) is 6.08 Å². The van der Waals surface area contributed by atoms with Crippen molar-refractivity contribution in [1.29, 1.82) is 0 Å². The van der Waals surface area contributed by atoms with E-state index < -0.39 is 11.9 Å². The normalized spacial score (nSPS) is 19.0. The van der Waals surface area contributed by atoms with Crippen LogP contribution in [-0.2, 0) is 11.3 Å². The van der Waals surface area contributed by atoms with Gasteiger partial charge in [-0.15, -0.1) is 11.3 Å². The summed E-state index contributed by atoms with van der Waals surface area (Å²) in [7, 11) is 1.81. The molecule has 1 atom stereocenters. The summed E-state index contributed by atoms with van der Waals surface area (Å²) < 4.78 is 1.83. The highest BCUT2D eigenvalue weighted by Gasteiger charge is 2.28. The lowest BCUT2D eigenvalue weighted by atomic mass is 10.2. The van der Waals surface area contributed by atoms with Crippen molar-refractivity contribution in [3.05, 3.63) is 39.3 Å². The van der Waals surface area contributed by atoms with Crippen molar-refractivity contribution in [3.63, 3.8) is 0 Å². The fourth-order valence-corrected chi connectivity index (χ4v) is 3.88. The third-order valence-electron chi connectivity index (χ3n) is 4.56. The van der Waals surface area contributed by atoms with Gasteiger partial charge in [-0.1, -0.05) is 0 Å². The van der Waals surface area contributed by atoms with E-state index in [1.54, 1.807) is 30.7 Å². The average molecular weight is 401 g/mol. The number of anilines is 1. The van der Waals surface area contributed by atoms with Crippen molar-refractivity contribution in [2.75, 3.05) is 12.4 Å². The zero-order chi connectivity index (χ0) is 19.7. The quantitative estimate of drug-likeness (QED) is 0.260. The standard InChI is InChI=1S/C18H23N7O2S/c1-10-3-6-13(28-10)9-20-17(22-12-4-5-12)25-15(19-2)11(8-21-25)7-14-16(26)24-18(27)23-14/h3,6-8,12,17,19-20,22H,4-5,9H2,1-2H3,(H2,23,24,26,27)/b14-7-. The molecule has 148 valence electrons. The number of urea groups is 1. The monoisotopic (exact) mass is 401 g/mol. The van der Waals surface area contributed by atoms with Crippen molar-refractivity contribution in [1.82, 2.24) is 31.0 Å². The summed E-state index contributed by atoms with van der Waals surface area (Å²) in [6.07, 6.45) is 5.39. The minimum atomic E-state index is -0.518. The average Bonchev–Trinajstić information content (AvgIpc) is 3.09. The van der Waals surface area contributed by atoms with Crippen molar-refractivity contribution in [2.45, 2.75) is 38.6 Å². The predicted molar refractivity (Wildman–Crippen MR) is 108 cm³/mol. The Morgan fingerprint density at radius 3 is 2.79 bits per heavy atom. The number of nitrogens with one attached hydrogen (secondary N) is 5. The molecule has 2 aliphatic rings. The highest BCUT2D eigenvalue weighted by atomic mass is 32.1. The molecule has 3 heterocycles.